The van der Waals surface area contributed by atoms with Gasteiger partial charge in [-0.3, -0.25) is 0 Å². The number of unbranched alkanes of at least 4 members (excludes halogenated alkanes) is 2. The zero-order valence-electron chi connectivity index (χ0n) is 9.91. The number of hydroxylamine groups is 1. The number of nitrogens with two attached hydrogens (primary N) is 1. The van der Waals surface area contributed by atoms with Crippen LogP contribution < -0.4 is 16.5 Å². The van der Waals surface area contributed by atoms with Crippen LogP contribution in [0.25, 0.3) is 0 Å². The van der Waals surface area contributed by atoms with Crippen LogP contribution in [-0.2, 0) is 13.7 Å². The molecule has 7 heteroatoms. The maximum absolute atomic E-state index is 11.1. The Labute approximate surface area is 98.2 Å². The van der Waals surface area contributed by atoms with E-state index < -0.39 is 8.25 Å². The molecule has 96 valence electrons. The summed E-state index contributed by atoms with van der Waals surface area (Å²) in [6, 6.07) is 0. The van der Waals surface area contributed by atoms with Crippen LogP contribution in [0.15, 0.2) is 0 Å². The van der Waals surface area contributed by atoms with Gasteiger partial charge in [0.15, 0.2) is 0 Å². The van der Waals surface area contributed by atoms with Crippen molar-refractivity contribution in [1.29, 1.82) is 0 Å². The van der Waals surface area contributed by atoms with Crippen LogP contribution in [0.3, 0.4) is 0 Å². The Morgan fingerprint density at radius 2 is 2.06 bits per heavy atom. The molecule has 16 heavy (non-hydrogen) atoms. The first-order chi connectivity index (χ1) is 7.81. The minimum atomic E-state index is -2.04. The van der Waals surface area contributed by atoms with Gasteiger partial charge in [-0.1, -0.05) is 19.8 Å². The van der Waals surface area contributed by atoms with Crippen molar-refractivity contribution in [3.8, 4) is 0 Å². The summed E-state index contributed by atoms with van der Waals surface area (Å²) in [7, 11) is -2.04. The fraction of sp³-hybridized carbons (Fsp3) is 1.00. The second-order valence-electron chi connectivity index (χ2n) is 3.29. The van der Waals surface area contributed by atoms with Crippen molar-refractivity contribution in [3.63, 3.8) is 0 Å². The molecule has 0 rings (SSSR count). The van der Waals surface area contributed by atoms with E-state index in [4.69, 9.17) is 14.9 Å². The molecular weight excluding hydrogens is 229 g/mol. The molecule has 0 saturated heterocycles. The van der Waals surface area contributed by atoms with Gasteiger partial charge >= 0.3 is 8.25 Å². The number of hydrogen-bond donors (Lipinski definition) is 3. The molecule has 6 nitrogen and oxygen atoms in total. The summed E-state index contributed by atoms with van der Waals surface area (Å²) < 4.78 is 20.8. The van der Waals surface area contributed by atoms with Crippen molar-refractivity contribution in [2.24, 2.45) is 5.73 Å². The molecule has 1 atom stereocenters. The minimum Gasteiger partial charge on any atom is -0.329 e. The maximum atomic E-state index is 11.1. The summed E-state index contributed by atoms with van der Waals surface area (Å²) in [5, 5.41) is 3.07. The van der Waals surface area contributed by atoms with Crippen LogP contribution in [0.5, 0.6) is 0 Å². The first-order valence-electron chi connectivity index (χ1n) is 5.72. The van der Waals surface area contributed by atoms with E-state index in [0.29, 0.717) is 19.7 Å². The van der Waals surface area contributed by atoms with Gasteiger partial charge in [0, 0.05) is 30.7 Å². The van der Waals surface area contributed by atoms with E-state index in [0.717, 1.165) is 32.4 Å². The lowest BCUT2D eigenvalue weighted by molar-refractivity contribution is 0.155. The molecule has 0 aliphatic carbocycles. The first kappa shape index (κ1) is 15.9. The topological polar surface area (TPSA) is 85.6 Å². The van der Waals surface area contributed by atoms with Gasteiger partial charge in [0.1, 0.15) is 6.61 Å². The molecule has 0 spiro atoms. The molecule has 0 aromatic carbocycles. The Morgan fingerprint density at radius 3 is 2.75 bits per heavy atom. The van der Waals surface area contributed by atoms with Gasteiger partial charge in [0.05, 0.1) is 0 Å². The smallest absolute Gasteiger partial charge is 0.329 e. The van der Waals surface area contributed by atoms with E-state index in [1.165, 1.54) is 0 Å². The zero-order valence-corrected chi connectivity index (χ0v) is 10.8. The lowest BCUT2D eigenvalue weighted by atomic mass is 10.3. The van der Waals surface area contributed by atoms with Crippen LogP contribution in [0, 0.1) is 0 Å². The second-order valence-corrected chi connectivity index (χ2v) is 4.18. The van der Waals surface area contributed by atoms with Crippen LogP contribution in [0.1, 0.15) is 26.2 Å². The van der Waals surface area contributed by atoms with E-state index in [1.807, 2.05) is 0 Å². The zero-order chi connectivity index (χ0) is 12.1. The molecule has 0 aromatic heterocycles. The van der Waals surface area contributed by atoms with Crippen molar-refractivity contribution >= 4 is 8.25 Å². The highest BCUT2D eigenvalue weighted by atomic mass is 31.1. The Hall–Kier alpha value is -0.100. The van der Waals surface area contributed by atoms with E-state index in [2.05, 4.69) is 17.7 Å². The predicted octanol–water partition coefficient (Wildman–Crippen LogP) is 0.920. The molecule has 4 N–H and O–H groups in total. The summed E-state index contributed by atoms with van der Waals surface area (Å²) in [5.41, 5.74) is 7.86. The summed E-state index contributed by atoms with van der Waals surface area (Å²) >= 11 is 0. The fourth-order valence-electron chi connectivity index (χ4n) is 0.982. The van der Waals surface area contributed by atoms with Crippen LogP contribution in [0.2, 0.25) is 0 Å². The van der Waals surface area contributed by atoms with Crippen molar-refractivity contribution in [1.82, 2.24) is 10.8 Å². The molecule has 0 fully saturated rings. The molecule has 0 heterocycles. The van der Waals surface area contributed by atoms with Gasteiger partial charge in [-0.05, 0) is 11.0 Å². The molecule has 0 amide bonds. The first-order valence-corrected chi connectivity index (χ1v) is 6.81. The van der Waals surface area contributed by atoms with Gasteiger partial charge in [0.25, 0.3) is 0 Å². The van der Waals surface area contributed by atoms with Crippen LogP contribution >= 0.6 is 8.25 Å². The molecule has 0 aliphatic heterocycles. The Kier molecular flexibility index (Phi) is 12.9. The fourth-order valence-corrected chi connectivity index (χ4v) is 1.51. The Balaban J connectivity index is 3.11. The normalized spacial score (nSPS) is 11.8. The monoisotopic (exact) mass is 252 g/mol. The Bertz CT molecular complexity index is 172. The van der Waals surface area contributed by atoms with Crippen molar-refractivity contribution < 1.29 is 13.7 Å². The molecule has 0 aromatic rings. The number of nitrogens with one attached hydrogen (secondary N) is 2. The third-order valence-corrected chi connectivity index (χ3v) is 2.48. The largest absolute Gasteiger partial charge is 0.716 e. The van der Waals surface area contributed by atoms with Gasteiger partial charge < -0.3 is 11.1 Å². The predicted molar refractivity (Wildman–Crippen MR) is 64.1 cm³/mol. The lowest BCUT2D eigenvalue weighted by Crippen LogP contribution is -2.30. The quantitative estimate of drug-likeness (QED) is 0.272. The van der Waals surface area contributed by atoms with Gasteiger partial charge in [-0.25, -0.2) is 0 Å². The third-order valence-electron chi connectivity index (χ3n) is 1.81. The number of hydrogen-bond acceptors (Lipinski definition) is 6. The minimum absolute atomic E-state index is 0.482. The highest BCUT2D eigenvalue weighted by Gasteiger charge is 2.19. The second kappa shape index (κ2) is 13.0. The summed E-state index contributed by atoms with van der Waals surface area (Å²) in [6.07, 6.45) is 3.12. The van der Waals surface area contributed by atoms with Gasteiger partial charge in [0.2, 0.25) is 0 Å². The summed E-state index contributed by atoms with van der Waals surface area (Å²) in [5.74, 6) is 0. The third kappa shape index (κ3) is 12.0. The standard InChI is InChI=1S/C9H23N3O3P/c1-2-3-4-9-14-16(13)15-12-8-7-11-6-5-10/h11-12H,2-10H2,1H3/q+1. The molecule has 0 radical (unpaired) electrons. The molecular formula is C9H23N3O3P+. The average molecular weight is 252 g/mol. The van der Waals surface area contributed by atoms with Crippen molar-refractivity contribution in [3.05, 3.63) is 0 Å². The van der Waals surface area contributed by atoms with E-state index >= 15 is 0 Å². The SMILES string of the molecule is CCCCCO[P+](=O)ONCCNCCN. The average Bonchev–Trinajstić information content (AvgIpc) is 2.29. The van der Waals surface area contributed by atoms with E-state index in [1.54, 1.807) is 0 Å². The summed E-state index contributed by atoms with van der Waals surface area (Å²) in [4.78, 5) is 0. The van der Waals surface area contributed by atoms with Gasteiger partial charge in [-0.2, -0.15) is 0 Å². The molecule has 0 bridgehead atoms. The van der Waals surface area contributed by atoms with Crippen LogP contribution in [-0.4, -0.2) is 32.8 Å². The maximum Gasteiger partial charge on any atom is 0.716 e. The number of rotatable bonds is 12. The van der Waals surface area contributed by atoms with Crippen molar-refractivity contribution in [2.75, 3.05) is 32.8 Å². The molecule has 0 aliphatic rings. The highest BCUT2D eigenvalue weighted by Crippen LogP contribution is 2.21. The highest BCUT2D eigenvalue weighted by molar-refractivity contribution is 7.33. The van der Waals surface area contributed by atoms with Crippen molar-refractivity contribution in [2.45, 2.75) is 26.2 Å². The van der Waals surface area contributed by atoms with E-state index in [9.17, 15) is 4.57 Å². The lowest BCUT2D eigenvalue weighted by Gasteiger charge is -1.99. The summed E-state index contributed by atoms with van der Waals surface area (Å²) in [6.45, 7) is 5.25. The molecule has 1 unspecified atom stereocenters. The Morgan fingerprint density at radius 1 is 1.25 bits per heavy atom. The van der Waals surface area contributed by atoms with Gasteiger partial charge in [-0.15, -0.1) is 10.0 Å². The molecule has 0 saturated carbocycles. The van der Waals surface area contributed by atoms with Crippen LogP contribution in [0.4, 0.5) is 0 Å². The van der Waals surface area contributed by atoms with E-state index in [-0.39, 0.29) is 0 Å².